The molecule has 9 nitrogen and oxygen atoms in total. The standard InChI is InChI=1S/C22H18N6O3S/c1-13-5-4-7-17(28(30)31)19(13)21(29)27-10-9-15-14(11-27)20(24-12-23-15)26-22-25-16-6-2-3-8-18(16)32-22/h2-8,12H,9-11H2,1H3,(H,23,24,25,26). The average molecular weight is 446 g/mol. The van der Waals surface area contributed by atoms with Gasteiger partial charge in [-0.1, -0.05) is 35.6 Å². The number of benzene rings is 2. The van der Waals surface area contributed by atoms with Crippen LogP contribution in [0.2, 0.25) is 0 Å². The van der Waals surface area contributed by atoms with Gasteiger partial charge in [-0.05, 0) is 24.6 Å². The summed E-state index contributed by atoms with van der Waals surface area (Å²) in [4.78, 5) is 39.2. The molecule has 0 saturated heterocycles. The first kappa shape index (κ1) is 20.0. The molecule has 0 unspecified atom stereocenters. The van der Waals surface area contributed by atoms with E-state index in [0.717, 1.165) is 21.5 Å². The number of rotatable bonds is 4. The van der Waals surface area contributed by atoms with E-state index in [9.17, 15) is 14.9 Å². The summed E-state index contributed by atoms with van der Waals surface area (Å²) in [6, 6.07) is 12.5. The van der Waals surface area contributed by atoms with Crippen LogP contribution in [0.25, 0.3) is 10.2 Å². The van der Waals surface area contributed by atoms with Crippen LogP contribution in [-0.2, 0) is 13.0 Å². The van der Waals surface area contributed by atoms with E-state index in [1.54, 1.807) is 24.0 Å². The molecule has 0 fully saturated rings. The molecule has 1 aliphatic heterocycles. The Hall–Kier alpha value is -3.92. The number of hydrogen-bond donors (Lipinski definition) is 1. The van der Waals surface area contributed by atoms with Crippen molar-refractivity contribution in [3.63, 3.8) is 0 Å². The van der Waals surface area contributed by atoms with E-state index < -0.39 is 4.92 Å². The first-order valence-corrected chi connectivity index (χ1v) is 10.8. The van der Waals surface area contributed by atoms with E-state index in [4.69, 9.17) is 0 Å². The Morgan fingerprint density at radius 3 is 2.84 bits per heavy atom. The fourth-order valence-corrected chi connectivity index (χ4v) is 4.75. The fraction of sp³-hybridized carbons (Fsp3) is 0.182. The lowest BCUT2D eigenvalue weighted by Gasteiger charge is -2.29. The molecule has 5 rings (SSSR count). The fourth-order valence-electron chi connectivity index (χ4n) is 3.89. The van der Waals surface area contributed by atoms with Gasteiger partial charge in [-0.3, -0.25) is 14.9 Å². The van der Waals surface area contributed by atoms with Gasteiger partial charge in [0.25, 0.3) is 11.6 Å². The van der Waals surface area contributed by atoms with Gasteiger partial charge in [0.15, 0.2) is 5.13 Å². The minimum absolute atomic E-state index is 0.124. The first-order chi connectivity index (χ1) is 15.5. The molecule has 0 atom stereocenters. The van der Waals surface area contributed by atoms with Crippen molar-refractivity contribution in [2.45, 2.75) is 19.9 Å². The molecule has 3 heterocycles. The monoisotopic (exact) mass is 446 g/mol. The Labute approximate surface area is 186 Å². The van der Waals surface area contributed by atoms with Crippen LogP contribution >= 0.6 is 11.3 Å². The molecule has 0 bridgehead atoms. The average Bonchev–Trinajstić information content (AvgIpc) is 3.21. The molecule has 0 aliphatic carbocycles. The largest absolute Gasteiger partial charge is 0.333 e. The third-order valence-electron chi connectivity index (χ3n) is 5.47. The number of nitro benzene ring substituents is 1. The highest BCUT2D eigenvalue weighted by Gasteiger charge is 2.30. The molecule has 0 saturated carbocycles. The van der Waals surface area contributed by atoms with E-state index in [-0.39, 0.29) is 23.7 Å². The number of aryl methyl sites for hydroxylation is 1. The van der Waals surface area contributed by atoms with Crippen molar-refractivity contribution in [3.05, 3.63) is 81.3 Å². The maximum atomic E-state index is 13.3. The number of nitro groups is 1. The lowest BCUT2D eigenvalue weighted by atomic mass is 10.0. The summed E-state index contributed by atoms with van der Waals surface area (Å²) in [5, 5.41) is 15.5. The predicted octanol–water partition coefficient (Wildman–Crippen LogP) is 4.25. The molecule has 32 heavy (non-hydrogen) atoms. The molecule has 160 valence electrons. The topological polar surface area (TPSA) is 114 Å². The molecular weight excluding hydrogens is 428 g/mol. The number of aromatic nitrogens is 3. The summed E-state index contributed by atoms with van der Waals surface area (Å²) in [5.41, 5.74) is 3.06. The van der Waals surface area contributed by atoms with Crippen LogP contribution in [0.15, 0.2) is 48.8 Å². The molecule has 4 aromatic rings. The minimum atomic E-state index is -0.513. The van der Waals surface area contributed by atoms with Gasteiger partial charge in [0.1, 0.15) is 17.7 Å². The highest BCUT2D eigenvalue weighted by molar-refractivity contribution is 7.22. The van der Waals surface area contributed by atoms with Gasteiger partial charge in [0, 0.05) is 24.6 Å². The number of para-hydroxylation sites is 1. The van der Waals surface area contributed by atoms with Gasteiger partial charge in [0.2, 0.25) is 0 Å². The van der Waals surface area contributed by atoms with Crippen molar-refractivity contribution in [1.82, 2.24) is 19.9 Å². The number of thiazole rings is 1. The van der Waals surface area contributed by atoms with Crippen LogP contribution in [-0.4, -0.2) is 37.2 Å². The zero-order chi connectivity index (χ0) is 22.2. The van der Waals surface area contributed by atoms with E-state index in [1.807, 2.05) is 24.3 Å². The lowest BCUT2D eigenvalue weighted by molar-refractivity contribution is -0.385. The Bertz CT molecular complexity index is 1340. The van der Waals surface area contributed by atoms with Crippen LogP contribution in [0.1, 0.15) is 27.2 Å². The number of anilines is 2. The molecule has 2 aromatic carbocycles. The lowest BCUT2D eigenvalue weighted by Crippen LogP contribution is -2.37. The summed E-state index contributed by atoms with van der Waals surface area (Å²) in [7, 11) is 0. The summed E-state index contributed by atoms with van der Waals surface area (Å²) in [6.07, 6.45) is 2.04. The van der Waals surface area contributed by atoms with E-state index >= 15 is 0 Å². The third kappa shape index (κ3) is 3.54. The second-order valence-corrected chi connectivity index (χ2v) is 8.49. The van der Waals surface area contributed by atoms with E-state index in [1.165, 1.54) is 23.7 Å². The molecule has 1 amide bonds. The maximum Gasteiger partial charge on any atom is 0.282 e. The second-order valence-electron chi connectivity index (χ2n) is 7.46. The number of carbonyl (C=O) groups is 1. The summed E-state index contributed by atoms with van der Waals surface area (Å²) < 4.78 is 1.06. The zero-order valence-corrected chi connectivity index (χ0v) is 17.9. The molecule has 2 aromatic heterocycles. The maximum absolute atomic E-state index is 13.3. The molecule has 1 N–H and O–H groups in total. The van der Waals surface area contributed by atoms with E-state index in [2.05, 4.69) is 20.3 Å². The van der Waals surface area contributed by atoms with Crippen LogP contribution in [0.5, 0.6) is 0 Å². The SMILES string of the molecule is Cc1cccc([N+](=O)[O-])c1C(=O)N1CCc2ncnc(Nc3nc4ccccc4s3)c2C1. The summed E-state index contributed by atoms with van der Waals surface area (Å²) in [5.74, 6) is 0.223. The molecule has 10 heteroatoms. The predicted molar refractivity (Wildman–Crippen MR) is 121 cm³/mol. The van der Waals surface area contributed by atoms with Crippen molar-refractivity contribution >= 4 is 44.1 Å². The Balaban J connectivity index is 1.46. The first-order valence-electron chi connectivity index (χ1n) is 10.00. The highest BCUT2D eigenvalue weighted by atomic mass is 32.1. The van der Waals surface area contributed by atoms with Crippen LogP contribution in [0.3, 0.4) is 0 Å². The van der Waals surface area contributed by atoms with Crippen molar-refractivity contribution < 1.29 is 9.72 Å². The molecule has 1 aliphatic rings. The normalized spacial score (nSPS) is 13.1. The van der Waals surface area contributed by atoms with Crippen molar-refractivity contribution in [3.8, 4) is 0 Å². The number of hydrogen-bond acceptors (Lipinski definition) is 8. The van der Waals surface area contributed by atoms with Crippen LogP contribution < -0.4 is 5.32 Å². The smallest absolute Gasteiger partial charge is 0.282 e. The van der Waals surface area contributed by atoms with Crippen LogP contribution in [0.4, 0.5) is 16.6 Å². The molecule has 0 radical (unpaired) electrons. The minimum Gasteiger partial charge on any atom is -0.333 e. The quantitative estimate of drug-likeness (QED) is 0.368. The van der Waals surface area contributed by atoms with Gasteiger partial charge in [-0.25, -0.2) is 15.0 Å². The van der Waals surface area contributed by atoms with Crippen molar-refractivity contribution in [2.24, 2.45) is 0 Å². The van der Waals surface area contributed by atoms with Gasteiger partial charge < -0.3 is 10.2 Å². The number of nitrogens with zero attached hydrogens (tertiary/aromatic N) is 5. The molecular formula is C22H18N6O3S. The highest BCUT2D eigenvalue weighted by Crippen LogP contribution is 2.32. The number of fused-ring (bicyclic) bond motifs is 2. The van der Waals surface area contributed by atoms with E-state index in [0.29, 0.717) is 29.5 Å². The Kier molecular flexibility index (Phi) is 4.98. The molecule has 0 spiro atoms. The van der Waals surface area contributed by atoms with Crippen molar-refractivity contribution in [2.75, 3.05) is 11.9 Å². The third-order valence-corrected chi connectivity index (χ3v) is 6.42. The van der Waals surface area contributed by atoms with Gasteiger partial charge in [0.05, 0.1) is 27.4 Å². The van der Waals surface area contributed by atoms with Gasteiger partial charge in [-0.2, -0.15) is 0 Å². The van der Waals surface area contributed by atoms with Gasteiger partial charge in [-0.15, -0.1) is 0 Å². The summed E-state index contributed by atoms with van der Waals surface area (Å²) >= 11 is 1.52. The van der Waals surface area contributed by atoms with Gasteiger partial charge >= 0.3 is 0 Å². The number of amides is 1. The number of nitrogens with one attached hydrogen (secondary N) is 1. The van der Waals surface area contributed by atoms with Crippen molar-refractivity contribution in [1.29, 1.82) is 0 Å². The number of carbonyl (C=O) groups excluding carboxylic acids is 1. The van der Waals surface area contributed by atoms with Crippen LogP contribution in [0, 0.1) is 17.0 Å². The Morgan fingerprint density at radius 1 is 1.19 bits per heavy atom. The zero-order valence-electron chi connectivity index (χ0n) is 17.1. The Morgan fingerprint density at radius 2 is 2.03 bits per heavy atom. The summed E-state index contributed by atoms with van der Waals surface area (Å²) in [6.45, 7) is 2.39. The second kappa shape index (κ2) is 7.97.